The molecule has 0 aliphatic carbocycles. The van der Waals surface area contributed by atoms with Gasteiger partial charge in [-0.25, -0.2) is 0 Å². The van der Waals surface area contributed by atoms with Crippen molar-refractivity contribution < 1.29 is 23.7 Å². The molecule has 0 saturated heterocycles. The van der Waals surface area contributed by atoms with E-state index in [-0.39, 0.29) is 12.5 Å². The predicted molar refractivity (Wildman–Crippen MR) is 91.7 cm³/mol. The van der Waals surface area contributed by atoms with Gasteiger partial charge in [-0.3, -0.25) is 4.79 Å². The van der Waals surface area contributed by atoms with Gasteiger partial charge >= 0.3 is 0 Å². The van der Waals surface area contributed by atoms with Crippen LogP contribution in [0.2, 0.25) is 5.02 Å². The molecule has 128 valence electrons. The monoisotopic (exact) mass is 351 g/mol. The van der Waals surface area contributed by atoms with Crippen molar-refractivity contribution in [3.05, 3.63) is 41.4 Å². The molecule has 1 N–H and O–H groups in total. The summed E-state index contributed by atoms with van der Waals surface area (Å²) in [5.74, 6) is 1.57. The zero-order valence-electron chi connectivity index (χ0n) is 13.6. The van der Waals surface area contributed by atoms with Gasteiger partial charge in [0, 0.05) is 5.69 Å². The average Bonchev–Trinajstić information content (AvgIpc) is 2.59. The maximum absolute atomic E-state index is 12.0. The molecule has 0 radical (unpaired) electrons. The summed E-state index contributed by atoms with van der Waals surface area (Å²) >= 11 is 6.02. The summed E-state index contributed by atoms with van der Waals surface area (Å²) in [6.07, 6.45) is 0. The highest BCUT2D eigenvalue weighted by Crippen LogP contribution is 2.36. The van der Waals surface area contributed by atoms with Crippen molar-refractivity contribution in [1.82, 2.24) is 0 Å². The van der Waals surface area contributed by atoms with Crippen LogP contribution in [-0.2, 0) is 4.79 Å². The molecule has 2 aromatic rings. The molecule has 0 bridgehead atoms. The molecule has 0 saturated carbocycles. The van der Waals surface area contributed by atoms with E-state index < -0.39 is 0 Å². The number of carbonyl (C=O) groups excluding carboxylic acids is 1. The summed E-state index contributed by atoms with van der Waals surface area (Å²) in [6.45, 7) is -0.187. The Balaban J connectivity index is 2.00. The number of halogens is 1. The Kier molecular flexibility index (Phi) is 6.14. The number of anilines is 1. The highest BCUT2D eigenvalue weighted by Gasteiger charge is 2.12. The van der Waals surface area contributed by atoms with Crippen molar-refractivity contribution in [2.75, 3.05) is 33.3 Å². The topological polar surface area (TPSA) is 66.0 Å². The summed E-state index contributed by atoms with van der Waals surface area (Å²) in [6, 6.07) is 10.1. The van der Waals surface area contributed by atoms with Crippen molar-refractivity contribution >= 4 is 23.2 Å². The van der Waals surface area contributed by atoms with Gasteiger partial charge in [-0.2, -0.15) is 0 Å². The lowest BCUT2D eigenvalue weighted by molar-refractivity contribution is -0.118. The van der Waals surface area contributed by atoms with Crippen molar-refractivity contribution in [2.24, 2.45) is 0 Å². The first-order valence-electron chi connectivity index (χ1n) is 7.06. The third-order valence-corrected chi connectivity index (χ3v) is 3.46. The Bertz CT molecular complexity index is 720. The number of ether oxygens (including phenoxy) is 4. The molecule has 0 unspecified atom stereocenters. The van der Waals surface area contributed by atoms with Crippen molar-refractivity contribution in [1.29, 1.82) is 0 Å². The minimum atomic E-state index is -0.332. The van der Waals surface area contributed by atoms with E-state index in [0.29, 0.717) is 33.7 Å². The van der Waals surface area contributed by atoms with Gasteiger partial charge in [0.25, 0.3) is 5.91 Å². The lowest BCUT2D eigenvalue weighted by Crippen LogP contribution is -2.20. The number of para-hydroxylation sites is 1. The summed E-state index contributed by atoms with van der Waals surface area (Å²) in [5.41, 5.74) is 0.548. The smallest absolute Gasteiger partial charge is 0.262 e. The number of rotatable bonds is 7. The minimum absolute atomic E-state index is 0.187. The maximum atomic E-state index is 12.0. The zero-order chi connectivity index (χ0) is 17.5. The molecule has 6 nitrogen and oxygen atoms in total. The van der Waals surface area contributed by atoms with Crippen LogP contribution in [0, 0.1) is 0 Å². The second kappa shape index (κ2) is 8.31. The molecule has 0 spiro atoms. The third kappa shape index (κ3) is 4.23. The molecular formula is C17H18ClNO5. The van der Waals surface area contributed by atoms with Crippen LogP contribution in [0.3, 0.4) is 0 Å². The van der Waals surface area contributed by atoms with E-state index in [9.17, 15) is 4.79 Å². The van der Waals surface area contributed by atoms with Crippen molar-refractivity contribution in [2.45, 2.75) is 0 Å². The molecule has 0 aromatic heterocycles. The van der Waals surface area contributed by atoms with Crippen LogP contribution >= 0.6 is 11.6 Å². The van der Waals surface area contributed by atoms with Crippen LogP contribution in [0.15, 0.2) is 36.4 Å². The quantitative estimate of drug-likeness (QED) is 0.828. The Morgan fingerprint density at radius 1 is 1.00 bits per heavy atom. The van der Waals surface area contributed by atoms with Gasteiger partial charge in [0.2, 0.25) is 5.75 Å². The van der Waals surface area contributed by atoms with Crippen LogP contribution < -0.4 is 24.3 Å². The van der Waals surface area contributed by atoms with Crippen LogP contribution in [-0.4, -0.2) is 33.8 Å². The fourth-order valence-corrected chi connectivity index (χ4v) is 2.31. The van der Waals surface area contributed by atoms with Crippen LogP contribution in [0.25, 0.3) is 0 Å². The third-order valence-electron chi connectivity index (χ3n) is 3.16. The van der Waals surface area contributed by atoms with Crippen LogP contribution in [0.4, 0.5) is 5.69 Å². The molecule has 24 heavy (non-hydrogen) atoms. The number of methoxy groups -OCH3 is 3. The van der Waals surface area contributed by atoms with Gasteiger partial charge in [0.1, 0.15) is 5.75 Å². The Morgan fingerprint density at radius 2 is 1.71 bits per heavy atom. The van der Waals surface area contributed by atoms with Gasteiger partial charge in [-0.15, -0.1) is 0 Å². The molecule has 0 heterocycles. The van der Waals surface area contributed by atoms with Crippen LogP contribution in [0.1, 0.15) is 0 Å². The first-order valence-corrected chi connectivity index (χ1v) is 7.44. The number of hydrogen-bond donors (Lipinski definition) is 1. The van der Waals surface area contributed by atoms with E-state index in [2.05, 4.69) is 5.32 Å². The normalized spacial score (nSPS) is 10.0. The van der Waals surface area contributed by atoms with Crippen molar-refractivity contribution in [3.8, 4) is 23.0 Å². The molecule has 7 heteroatoms. The number of hydrogen-bond acceptors (Lipinski definition) is 5. The van der Waals surface area contributed by atoms with Crippen LogP contribution in [0.5, 0.6) is 23.0 Å². The molecule has 0 atom stereocenters. The standard InChI is InChI=1S/C17H18ClNO5/c1-21-13-8-7-11(9-12(13)18)19-16(20)10-24-15-6-4-5-14(22-2)17(15)23-3/h4-9H,10H2,1-3H3,(H,19,20). The molecule has 1 amide bonds. The van der Waals surface area contributed by atoms with Gasteiger partial charge in [0.15, 0.2) is 18.1 Å². The van der Waals surface area contributed by atoms with E-state index in [1.54, 1.807) is 36.4 Å². The van der Waals surface area contributed by atoms with Gasteiger partial charge in [0.05, 0.1) is 26.4 Å². The molecule has 2 rings (SSSR count). The summed E-state index contributed by atoms with van der Waals surface area (Å²) in [7, 11) is 4.56. The Morgan fingerprint density at radius 3 is 2.33 bits per heavy atom. The number of amides is 1. The number of carbonyl (C=O) groups is 1. The molecule has 0 aliphatic rings. The van der Waals surface area contributed by atoms with E-state index in [1.165, 1.54) is 21.3 Å². The lowest BCUT2D eigenvalue weighted by atomic mass is 10.3. The highest BCUT2D eigenvalue weighted by atomic mass is 35.5. The summed E-state index contributed by atoms with van der Waals surface area (Å²) in [4.78, 5) is 12.0. The lowest BCUT2D eigenvalue weighted by Gasteiger charge is -2.13. The van der Waals surface area contributed by atoms with Gasteiger partial charge in [-0.1, -0.05) is 17.7 Å². The molecule has 0 fully saturated rings. The van der Waals surface area contributed by atoms with Gasteiger partial charge < -0.3 is 24.3 Å². The number of nitrogens with one attached hydrogen (secondary N) is 1. The SMILES string of the molecule is COc1ccc(NC(=O)COc2cccc(OC)c2OC)cc1Cl. The van der Waals surface area contributed by atoms with Crippen molar-refractivity contribution in [3.63, 3.8) is 0 Å². The second-order valence-corrected chi connectivity index (χ2v) is 5.09. The van der Waals surface area contributed by atoms with E-state index >= 15 is 0 Å². The largest absolute Gasteiger partial charge is 0.495 e. The zero-order valence-corrected chi connectivity index (χ0v) is 14.3. The Hall–Kier alpha value is -2.60. The molecular weight excluding hydrogens is 334 g/mol. The average molecular weight is 352 g/mol. The Labute approximate surface area is 145 Å². The molecule has 0 aliphatic heterocycles. The van der Waals surface area contributed by atoms with Gasteiger partial charge in [-0.05, 0) is 30.3 Å². The summed E-state index contributed by atoms with van der Waals surface area (Å²) in [5, 5.41) is 3.10. The highest BCUT2D eigenvalue weighted by molar-refractivity contribution is 6.32. The fourth-order valence-electron chi connectivity index (χ4n) is 2.06. The first-order chi connectivity index (χ1) is 11.6. The molecule has 2 aromatic carbocycles. The first kappa shape index (κ1) is 17.7. The number of benzene rings is 2. The second-order valence-electron chi connectivity index (χ2n) is 4.68. The van der Waals surface area contributed by atoms with E-state index in [4.69, 9.17) is 30.5 Å². The fraction of sp³-hybridized carbons (Fsp3) is 0.235. The minimum Gasteiger partial charge on any atom is -0.495 e. The maximum Gasteiger partial charge on any atom is 0.262 e. The van der Waals surface area contributed by atoms with E-state index in [0.717, 1.165) is 0 Å². The summed E-state index contributed by atoms with van der Waals surface area (Å²) < 4.78 is 21.0. The predicted octanol–water partition coefficient (Wildman–Crippen LogP) is 3.38. The van der Waals surface area contributed by atoms with E-state index in [1.807, 2.05) is 0 Å².